The molecule has 30 heavy (non-hydrogen) atoms. The predicted octanol–water partition coefficient (Wildman–Crippen LogP) is 3.61. The van der Waals surface area contributed by atoms with Crippen LogP contribution in [0.1, 0.15) is 27.5 Å². The fraction of sp³-hybridized carbons (Fsp3) is 0.150. The van der Waals surface area contributed by atoms with Crippen LogP contribution in [0.15, 0.2) is 53.7 Å². The molecule has 0 spiro atoms. The van der Waals surface area contributed by atoms with Gasteiger partial charge in [-0.05, 0) is 29.5 Å². The number of rotatable bonds is 4. The van der Waals surface area contributed by atoms with Gasteiger partial charge in [0.15, 0.2) is 5.78 Å². The van der Waals surface area contributed by atoms with Crippen molar-refractivity contribution in [2.24, 2.45) is 0 Å². The minimum atomic E-state index is -0.871. The molecule has 1 N–H and O–H groups in total. The number of benzene rings is 2. The lowest BCUT2D eigenvalue weighted by Crippen LogP contribution is -2.33. The molecule has 0 amide bonds. The molecule has 8 nitrogen and oxygen atoms in total. The van der Waals surface area contributed by atoms with Crippen molar-refractivity contribution in [3.8, 4) is 0 Å². The number of tetrazole rings is 1. The number of Topliss-reactive ketones (excluding diaryl/α,β-unsaturated/α-hetero) is 1. The van der Waals surface area contributed by atoms with Crippen molar-refractivity contribution in [3.63, 3.8) is 0 Å². The first kappa shape index (κ1) is 20.1. The number of ether oxygens (including phenoxy) is 1. The maximum absolute atomic E-state index is 13.6. The Morgan fingerprint density at radius 1 is 1.13 bits per heavy atom. The molecule has 3 aromatic rings. The van der Waals surface area contributed by atoms with Crippen LogP contribution in [0.4, 0.5) is 5.95 Å². The fourth-order valence-corrected chi connectivity index (χ4v) is 3.77. The van der Waals surface area contributed by atoms with Crippen LogP contribution in [0, 0.1) is 6.92 Å². The Bertz CT molecular complexity index is 1190. The summed E-state index contributed by atoms with van der Waals surface area (Å²) in [6, 6.07) is 11.0. The van der Waals surface area contributed by atoms with Crippen LogP contribution >= 0.6 is 23.2 Å². The summed E-state index contributed by atoms with van der Waals surface area (Å²) in [6.45, 7) is 1.92. The van der Waals surface area contributed by atoms with E-state index in [-0.39, 0.29) is 23.0 Å². The number of esters is 1. The number of hydrogen-bond donors (Lipinski definition) is 1. The SMILES string of the molecule is COC(=O)C1=C(C(=O)c2ccc(C)cc2)[C@H](c2ccc(Cl)cc2Cl)n2nnnc2N1. The van der Waals surface area contributed by atoms with Crippen LogP contribution in [-0.2, 0) is 9.53 Å². The maximum Gasteiger partial charge on any atom is 0.355 e. The summed E-state index contributed by atoms with van der Waals surface area (Å²) >= 11 is 12.5. The second-order valence-corrected chi connectivity index (χ2v) is 7.46. The molecule has 0 unspecified atom stereocenters. The maximum atomic E-state index is 13.6. The van der Waals surface area contributed by atoms with Gasteiger partial charge in [-0.15, -0.1) is 0 Å². The van der Waals surface area contributed by atoms with Gasteiger partial charge in [0, 0.05) is 21.2 Å². The average Bonchev–Trinajstić information content (AvgIpc) is 3.21. The molecule has 2 heterocycles. The lowest BCUT2D eigenvalue weighted by atomic mass is 9.89. The van der Waals surface area contributed by atoms with Gasteiger partial charge < -0.3 is 10.1 Å². The van der Waals surface area contributed by atoms with Crippen molar-refractivity contribution in [2.45, 2.75) is 13.0 Å². The van der Waals surface area contributed by atoms with Crippen LogP contribution in [0.2, 0.25) is 10.0 Å². The highest BCUT2D eigenvalue weighted by Gasteiger charge is 2.39. The van der Waals surface area contributed by atoms with Crippen molar-refractivity contribution in [2.75, 3.05) is 12.4 Å². The van der Waals surface area contributed by atoms with Gasteiger partial charge in [-0.25, -0.2) is 4.79 Å². The molecular formula is C20H15Cl2N5O3. The van der Waals surface area contributed by atoms with E-state index in [0.717, 1.165) is 5.56 Å². The Kier molecular flexibility index (Phi) is 5.27. The summed E-state index contributed by atoms with van der Waals surface area (Å²) in [5.41, 5.74) is 1.95. The minimum Gasteiger partial charge on any atom is -0.464 e. The van der Waals surface area contributed by atoms with Gasteiger partial charge in [-0.2, -0.15) is 4.68 Å². The summed E-state index contributed by atoms with van der Waals surface area (Å²) in [6.07, 6.45) is 0. The van der Waals surface area contributed by atoms with Gasteiger partial charge >= 0.3 is 5.97 Å². The lowest BCUT2D eigenvalue weighted by Gasteiger charge is -2.28. The number of methoxy groups -OCH3 is 1. The van der Waals surface area contributed by atoms with Crippen LogP contribution < -0.4 is 5.32 Å². The molecule has 1 aromatic heterocycles. The van der Waals surface area contributed by atoms with Crippen LogP contribution in [-0.4, -0.2) is 39.1 Å². The topological polar surface area (TPSA) is 99.0 Å². The number of carbonyl (C=O) groups excluding carboxylic acids is 2. The number of halogens is 2. The van der Waals surface area contributed by atoms with Crippen LogP contribution in [0.3, 0.4) is 0 Å². The largest absolute Gasteiger partial charge is 0.464 e. The molecule has 0 radical (unpaired) electrons. The van der Waals surface area contributed by atoms with E-state index in [1.54, 1.807) is 30.3 Å². The highest BCUT2D eigenvalue weighted by atomic mass is 35.5. The number of allylic oxidation sites excluding steroid dienone is 1. The molecule has 152 valence electrons. The first-order valence-electron chi connectivity index (χ1n) is 8.84. The highest BCUT2D eigenvalue weighted by Crippen LogP contribution is 2.40. The third kappa shape index (κ3) is 3.44. The Labute approximate surface area is 181 Å². The number of hydrogen-bond acceptors (Lipinski definition) is 7. The van der Waals surface area contributed by atoms with E-state index in [1.807, 2.05) is 19.1 Å². The number of aryl methyl sites for hydroxylation is 1. The monoisotopic (exact) mass is 443 g/mol. The zero-order valence-electron chi connectivity index (χ0n) is 15.9. The van der Waals surface area contributed by atoms with Crippen molar-refractivity contribution < 1.29 is 14.3 Å². The van der Waals surface area contributed by atoms with Crippen molar-refractivity contribution >= 4 is 40.9 Å². The smallest absolute Gasteiger partial charge is 0.355 e. The molecule has 10 heteroatoms. The first-order chi connectivity index (χ1) is 14.4. The molecule has 1 aliphatic rings. The fourth-order valence-electron chi connectivity index (χ4n) is 3.26. The van der Waals surface area contributed by atoms with Crippen molar-refractivity contribution in [1.82, 2.24) is 20.2 Å². The van der Waals surface area contributed by atoms with E-state index in [4.69, 9.17) is 27.9 Å². The number of fused-ring (bicyclic) bond motifs is 1. The minimum absolute atomic E-state index is 0.0543. The predicted molar refractivity (Wildman–Crippen MR) is 111 cm³/mol. The molecular weight excluding hydrogens is 429 g/mol. The van der Waals surface area contributed by atoms with E-state index in [2.05, 4.69) is 20.8 Å². The van der Waals surface area contributed by atoms with E-state index in [9.17, 15) is 9.59 Å². The Morgan fingerprint density at radius 3 is 2.53 bits per heavy atom. The van der Waals surface area contributed by atoms with Gasteiger partial charge in [0.2, 0.25) is 5.95 Å². The Balaban J connectivity index is 1.97. The van der Waals surface area contributed by atoms with Crippen LogP contribution in [0.5, 0.6) is 0 Å². The van der Waals surface area contributed by atoms with E-state index in [0.29, 0.717) is 21.2 Å². The number of carbonyl (C=O) groups is 2. The number of nitrogens with one attached hydrogen (secondary N) is 1. The standard InChI is InChI=1S/C20H15Cl2N5O3/c1-10-3-5-11(6-4-10)18(28)15-16(19(29)30-2)23-20-24-25-26-27(20)17(15)13-8-7-12(21)9-14(13)22/h3-9,17H,1-2H3,(H,23,24,26)/t17-/m0/s1. The molecule has 0 fully saturated rings. The molecule has 0 bridgehead atoms. The summed E-state index contributed by atoms with van der Waals surface area (Å²) in [5.74, 6) is -0.943. The zero-order valence-corrected chi connectivity index (χ0v) is 17.4. The molecule has 4 rings (SSSR count). The van der Waals surface area contributed by atoms with E-state index < -0.39 is 12.0 Å². The summed E-state index contributed by atoms with van der Waals surface area (Å²) in [4.78, 5) is 26.2. The van der Waals surface area contributed by atoms with Gasteiger partial charge in [0.25, 0.3) is 0 Å². The third-order valence-electron chi connectivity index (χ3n) is 4.72. The number of anilines is 1. The summed E-state index contributed by atoms with van der Waals surface area (Å²) in [5, 5.41) is 15.1. The van der Waals surface area contributed by atoms with Gasteiger partial charge in [-0.3, -0.25) is 4.79 Å². The van der Waals surface area contributed by atoms with E-state index >= 15 is 0 Å². The second kappa shape index (κ2) is 7.89. The average molecular weight is 444 g/mol. The molecule has 0 saturated heterocycles. The Hall–Kier alpha value is -3.23. The molecule has 1 aliphatic heterocycles. The first-order valence-corrected chi connectivity index (χ1v) is 9.60. The van der Waals surface area contributed by atoms with Gasteiger partial charge in [0.1, 0.15) is 11.7 Å². The number of ketones is 1. The summed E-state index contributed by atoms with van der Waals surface area (Å²) < 4.78 is 6.30. The lowest BCUT2D eigenvalue weighted by molar-refractivity contribution is -0.136. The zero-order chi connectivity index (χ0) is 21.4. The molecule has 1 atom stereocenters. The highest BCUT2D eigenvalue weighted by molar-refractivity contribution is 6.35. The number of nitrogens with zero attached hydrogens (tertiary/aromatic N) is 4. The Morgan fingerprint density at radius 2 is 1.87 bits per heavy atom. The van der Waals surface area contributed by atoms with Gasteiger partial charge in [-0.1, -0.05) is 64.2 Å². The molecule has 2 aromatic carbocycles. The van der Waals surface area contributed by atoms with E-state index in [1.165, 1.54) is 11.8 Å². The second-order valence-electron chi connectivity index (χ2n) is 6.62. The molecule has 0 saturated carbocycles. The normalized spacial score (nSPS) is 15.4. The quantitative estimate of drug-likeness (QED) is 0.485. The van der Waals surface area contributed by atoms with Crippen molar-refractivity contribution in [3.05, 3.63) is 80.5 Å². The van der Waals surface area contributed by atoms with Gasteiger partial charge in [0.05, 0.1) is 12.7 Å². The summed E-state index contributed by atoms with van der Waals surface area (Å²) in [7, 11) is 1.23. The number of aromatic nitrogens is 4. The molecule has 0 aliphatic carbocycles. The van der Waals surface area contributed by atoms with Crippen LogP contribution in [0.25, 0.3) is 0 Å². The van der Waals surface area contributed by atoms with Crippen molar-refractivity contribution in [1.29, 1.82) is 0 Å². The third-order valence-corrected chi connectivity index (χ3v) is 5.28.